The maximum absolute atomic E-state index is 12.4. The Balaban J connectivity index is 1.71. The minimum absolute atomic E-state index is 0.151. The molecule has 20 heavy (non-hydrogen) atoms. The fourth-order valence-electron chi connectivity index (χ4n) is 3.16. The lowest BCUT2D eigenvalue weighted by molar-refractivity contribution is -0.124. The Labute approximate surface area is 129 Å². The molecule has 0 bridgehead atoms. The van der Waals surface area contributed by atoms with Crippen LogP contribution in [0.3, 0.4) is 0 Å². The van der Waals surface area contributed by atoms with Crippen LogP contribution in [-0.2, 0) is 10.3 Å². The summed E-state index contributed by atoms with van der Waals surface area (Å²) >= 11 is 12.0. The highest BCUT2D eigenvalue weighted by Gasteiger charge is 2.57. The number of carbonyl (C=O) groups is 1. The molecule has 3 nitrogen and oxygen atoms in total. The van der Waals surface area contributed by atoms with E-state index in [0.29, 0.717) is 21.9 Å². The number of amides is 1. The molecule has 1 saturated carbocycles. The zero-order valence-corrected chi connectivity index (χ0v) is 13.1. The number of rotatable bonds is 3. The molecule has 0 spiro atoms. The average Bonchev–Trinajstić information content (AvgIpc) is 2.87. The Bertz CT molecular complexity index is 549. The van der Waals surface area contributed by atoms with Gasteiger partial charge in [-0.3, -0.25) is 4.79 Å². The normalized spacial score (nSPS) is 28.1. The van der Waals surface area contributed by atoms with Gasteiger partial charge in [0.05, 0.1) is 15.6 Å². The third-order valence-corrected chi connectivity index (χ3v) is 5.21. The zero-order valence-electron chi connectivity index (χ0n) is 11.5. The molecule has 0 aromatic heterocycles. The summed E-state index contributed by atoms with van der Waals surface area (Å²) in [5.74, 6) is 1.38. The summed E-state index contributed by atoms with van der Waals surface area (Å²) in [7, 11) is 0. The van der Waals surface area contributed by atoms with Gasteiger partial charge in [-0.2, -0.15) is 0 Å². The summed E-state index contributed by atoms with van der Waals surface area (Å²) in [4.78, 5) is 12.4. The van der Waals surface area contributed by atoms with E-state index >= 15 is 0 Å². The highest BCUT2D eigenvalue weighted by molar-refractivity contribution is 6.42. The number of fused-ring (bicyclic) bond motifs is 1. The van der Waals surface area contributed by atoms with Crippen molar-refractivity contribution in [3.05, 3.63) is 33.8 Å². The maximum atomic E-state index is 12.4. The van der Waals surface area contributed by atoms with Gasteiger partial charge in [-0.1, -0.05) is 29.3 Å². The van der Waals surface area contributed by atoms with Gasteiger partial charge in [-0.15, -0.1) is 0 Å². The molecule has 1 aliphatic carbocycles. The van der Waals surface area contributed by atoms with Crippen LogP contribution in [0.25, 0.3) is 0 Å². The van der Waals surface area contributed by atoms with Gasteiger partial charge < -0.3 is 10.6 Å². The molecule has 0 unspecified atom stereocenters. The highest BCUT2D eigenvalue weighted by atomic mass is 35.5. The van der Waals surface area contributed by atoms with Crippen LogP contribution >= 0.6 is 23.2 Å². The van der Waals surface area contributed by atoms with E-state index in [1.54, 1.807) is 6.07 Å². The van der Waals surface area contributed by atoms with E-state index in [1.807, 2.05) is 26.0 Å². The van der Waals surface area contributed by atoms with Gasteiger partial charge in [-0.05, 0) is 56.5 Å². The molecule has 108 valence electrons. The van der Waals surface area contributed by atoms with Crippen molar-refractivity contribution in [1.29, 1.82) is 0 Å². The molecule has 1 amide bonds. The van der Waals surface area contributed by atoms with Gasteiger partial charge in [0.2, 0.25) is 5.91 Å². The van der Waals surface area contributed by atoms with E-state index in [9.17, 15) is 4.79 Å². The number of hydrogen-bond acceptors (Lipinski definition) is 2. The third-order valence-electron chi connectivity index (χ3n) is 4.47. The molecular formula is C15H18Cl2N2O. The summed E-state index contributed by atoms with van der Waals surface area (Å²) < 4.78 is 0. The second-order valence-corrected chi connectivity index (χ2v) is 7.07. The summed E-state index contributed by atoms with van der Waals surface area (Å²) in [6.07, 6.45) is 0. The number of halogens is 2. The van der Waals surface area contributed by atoms with E-state index in [2.05, 4.69) is 10.6 Å². The topological polar surface area (TPSA) is 41.1 Å². The van der Waals surface area contributed by atoms with Crippen LogP contribution in [-0.4, -0.2) is 19.0 Å². The van der Waals surface area contributed by atoms with Crippen molar-refractivity contribution in [3.63, 3.8) is 0 Å². The number of hydrogen-bond donors (Lipinski definition) is 2. The number of carbonyl (C=O) groups excluding carboxylic acids is 1. The van der Waals surface area contributed by atoms with Crippen molar-refractivity contribution in [2.24, 2.45) is 17.8 Å². The highest BCUT2D eigenvalue weighted by Crippen LogP contribution is 2.49. The first kappa shape index (κ1) is 14.2. The molecule has 2 fully saturated rings. The van der Waals surface area contributed by atoms with Crippen LogP contribution in [0.15, 0.2) is 18.2 Å². The average molecular weight is 313 g/mol. The first-order chi connectivity index (χ1) is 9.40. The van der Waals surface area contributed by atoms with Crippen molar-refractivity contribution < 1.29 is 4.79 Å². The molecule has 3 atom stereocenters. The molecule has 1 aromatic carbocycles. The first-order valence-electron chi connectivity index (χ1n) is 6.88. The lowest BCUT2D eigenvalue weighted by Crippen LogP contribution is -2.43. The van der Waals surface area contributed by atoms with E-state index < -0.39 is 5.54 Å². The minimum atomic E-state index is -0.449. The van der Waals surface area contributed by atoms with Gasteiger partial charge >= 0.3 is 0 Å². The Morgan fingerprint density at radius 2 is 1.90 bits per heavy atom. The third kappa shape index (κ3) is 2.43. The Morgan fingerprint density at radius 3 is 2.50 bits per heavy atom. The number of piperidine rings is 1. The molecular weight excluding hydrogens is 295 g/mol. The predicted octanol–water partition coefficient (Wildman–Crippen LogP) is 2.81. The summed E-state index contributed by atoms with van der Waals surface area (Å²) in [5.41, 5.74) is 0.513. The van der Waals surface area contributed by atoms with Crippen molar-refractivity contribution >= 4 is 29.1 Å². The van der Waals surface area contributed by atoms with Crippen molar-refractivity contribution in [2.75, 3.05) is 13.1 Å². The predicted molar refractivity (Wildman–Crippen MR) is 81.0 cm³/mol. The molecule has 0 radical (unpaired) electrons. The summed E-state index contributed by atoms with van der Waals surface area (Å²) in [6.45, 7) is 5.91. The second kappa shape index (κ2) is 4.90. The fourth-order valence-corrected chi connectivity index (χ4v) is 3.45. The van der Waals surface area contributed by atoms with Crippen LogP contribution < -0.4 is 10.6 Å². The Kier molecular flexibility index (Phi) is 3.47. The quantitative estimate of drug-likeness (QED) is 0.901. The van der Waals surface area contributed by atoms with Crippen LogP contribution in [0.2, 0.25) is 10.0 Å². The van der Waals surface area contributed by atoms with E-state index in [-0.39, 0.29) is 11.8 Å². The number of nitrogens with one attached hydrogen (secondary N) is 2. The largest absolute Gasteiger partial charge is 0.347 e. The van der Waals surface area contributed by atoms with Gasteiger partial charge in [0.1, 0.15) is 0 Å². The Hall–Kier alpha value is -0.770. The van der Waals surface area contributed by atoms with Gasteiger partial charge in [-0.25, -0.2) is 0 Å². The molecule has 1 aromatic rings. The summed E-state index contributed by atoms with van der Waals surface area (Å²) in [5, 5.41) is 7.49. The van der Waals surface area contributed by atoms with Crippen LogP contribution in [0.4, 0.5) is 0 Å². The molecule has 2 N–H and O–H groups in total. The van der Waals surface area contributed by atoms with Crippen molar-refractivity contribution in [1.82, 2.24) is 10.6 Å². The van der Waals surface area contributed by atoms with Crippen LogP contribution in [0.5, 0.6) is 0 Å². The molecule has 2 aliphatic rings. The monoisotopic (exact) mass is 312 g/mol. The molecule has 1 aliphatic heterocycles. The van der Waals surface area contributed by atoms with Gasteiger partial charge in [0.15, 0.2) is 0 Å². The van der Waals surface area contributed by atoms with E-state index in [4.69, 9.17) is 23.2 Å². The maximum Gasteiger partial charge on any atom is 0.224 e. The lowest BCUT2D eigenvalue weighted by Gasteiger charge is -2.27. The van der Waals surface area contributed by atoms with Gasteiger partial charge in [0.25, 0.3) is 0 Å². The van der Waals surface area contributed by atoms with Gasteiger partial charge in [0, 0.05) is 5.92 Å². The molecule has 1 saturated heterocycles. The standard InChI is InChI=1S/C15H18Cl2N2O/c1-15(2,8-3-4-11(16)12(17)5-8)19-14(20)13-9-6-18-7-10(9)13/h3-5,9-10,13,18H,6-7H2,1-2H3,(H,19,20)/t9-,10+,13+. The van der Waals surface area contributed by atoms with Crippen molar-refractivity contribution in [2.45, 2.75) is 19.4 Å². The second-order valence-electron chi connectivity index (χ2n) is 6.25. The number of benzene rings is 1. The van der Waals surface area contributed by atoms with Crippen LogP contribution in [0.1, 0.15) is 19.4 Å². The summed E-state index contributed by atoms with van der Waals surface area (Å²) in [6, 6.07) is 5.49. The van der Waals surface area contributed by atoms with Crippen LogP contribution in [0, 0.1) is 17.8 Å². The lowest BCUT2D eigenvalue weighted by atomic mass is 9.94. The Morgan fingerprint density at radius 1 is 1.25 bits per heavy atom. The smallest absolute Gasteiger partial charge is 0.224 e. The minimum Gasteiger partial charge on any atom is -0.347 e. The molecule has 5 heteroatoms. The zero-order chi connectivity index (χ0) is 14.5. The fraction of sp³-hybridized carbons (Fsp3) is 0.533. The van der Waals surface area contributed by atoms with E-state index in [0.717, 1.165) is 18.7 Å². The molecule has 1 heterocycles. The SMILES string of the molecule is CC(C)(NC(=O)[C@H]1[C@@H]2CNC[C@@H]21)c1ccc(Cl)c(Cl)c1. The van der Waals surface area contributed by atoms with Crippen molar-refractivity contribution in [3.8, 4) is 0 Å². The molecule has 3 rings (SSSR count). The van der Waals surface area contributed by atoms with E-state index in [1.165, 1.54) is 0 Å². The first-order valence-corrected chi connectivity index (χ1v) is 7.64.